The molecule has 0 radical (unpaired) electrons. The number of ether oxygens (including phenoxy) is 1. The molecule has 0 unspecified atom stereocenters. The highest BCUT2D eigenvalue weighted by Gasteiger charge is 2.42. The summed E-state index contributed by atoms with van der Waals surface area (Å²) < 4.78 is 5.19. The maximum Gasteiger partial charge on any atom is 0.416 e. The van der Waals surface area contributed by atoms with E-state index in [9.17, 15) is 9.59 Å². The molecule has 2 aromatic carbocycles. The van der Waals surface area contributed by atoms with Gasteiger partial charge in [-0.3, -0.25) is 4.79 Å². The van der Waals surface area contributed by atoms with Gasteiger partial charge in [0.25, 0.3) is 0 Å². The zero-order valence-electron chi connectivity index (χ0n) is 16.4. The average molecular weight is 398 g/mol. The zero-order chi connectivity index (χ0) is 19.9. The minimum absolute atomic E-state index is 0.120. The van der Waals surface area contributed by atoms with Gasteiger partial charge in [0.2, 0.25) is 5.91 Å². The lowest BCUT2D eigenvalue weighted by atomic mass is 9.97. The summed E-state index contributed by atoms with van der Waals surface area (Å²) in [6.45, 7) is 4.32. The molecule has 2 atom stereocenters. The molecular formula is C23H27NO3S. The van der Waals surface area contributed by atoms with Crippen LogP contribution in [0.3, 0.4) is 0 Å². The van der Waals surface area contributed by atoms with Crippen LogP contribution >= 0.6 is 11.8 Å². The molecule has 0 aromatic heterocycles. The molecule has 3 rings (SSSR count). The summed E-state index contributed by atoms with van der Waals surface area (Å²) >= 11 is 1.73. The van der Waals surface area contributed by atoms with Crippen molar-refractivity contribution in [3.8, 4) is 0 Å². The lowest BCUT2D eigenvalue weighted by Gasteiger charge is -2.27. The van der Waals surface area contributed by atoms with Gasteiger partial charge in [-0.25, -0.2) is 9.69 Å². The summed E-state index contributed by atoms with van der Waals surface area (Å²) in [6, 6.07) is 20.0. The number of carbonyl (C=O) groups is 2. The van der Waals surface area contributed by atoms with E-state index >= 15 is 0 Å². The van der Waals surface area contributed by atoms with Crippen molar-refractivity contribution < 1.29 is 14.3 Å². The maximum absolute atomic E-state index is 13.3. The van der Waals surface area contributed by atoms with Gasteiger partial charge < -0.3 is 4.74 Å². The fourth-order valence-electron chi connectivity index (χ4n) is 3.39. The SMILES string of the molecule is CC(C)[C@H]1COC(=O)N1C(=O)[C@H](CSCc1ccccc1)Cc1ccccc1. The number of thioether (sulfide) groups is 1. The summed E-state index contributed by atoms with van der Waals surface area (Å²) in [5, 5.41) is 0. The third kappa shape index (κ3) is 5.16. The molecule has 1 heterocycles. The first kappa shape index (κ1) is 20.5. The summed E-state index contributed by atoms with van der Waals surface area (Å²) in [5.74, 6) is 1.30. The predicted molar refractivity (Wildman–Crippen MR) is 113 cm³/mol. The van der Waals surface area contributed by atoms with Crippen LogP contribution in [0.15, 0.2) is 60.7 Å². The molecule has 148 valence electrons. The minimum Gasteiger partial charge on any atom is -0.447 e. The van der Waals surface area contributed by atoms with Gasteiger partial charge in [-0.05, 0) is 23.5 Å². The number of cyclic esters (lactones) is 1. The van der Waals surface area contributed by atoms with Crippen molar-refractivity contribution in [2.75, 3.05) is 12.4 Å². The Morgan fingerprint density at radius 3 is 2.29 bits per heavy atom. The normalized spacial score (nSPS) is 17.6. The second kappa shape index (κ2) is 9.78. The molecule has 0 bridgehead atoms. The van der Waals surface area contributed by atoms with Gasteiger partial charge in [-0.15, -0.1) is 0 Å². The Labute approximate surface area is 171 Å². The fourth-order valence-corrected chi connectivity index (χ4v) is 4.48. The first-order valence-corrected chi connectivity index (χ1v) is 10.9. The van der Waals surface area contributed by atoms with Crippen molar-refractivity contribution in [3.63, 3.8) is 0 Å². The highest BCUT2D eigenvalue weighted by atomic mass is 32.2. The topological polar surface area (TPSA) is 46.6 Å². The van der Waals surface area contributed by atoms with Crippen molar-refractivity contribution in [2.45, 2.75) is 32.1 Å². The number of imide groups is 1. The Morgan fingerprint density at radius 1 is 1.07 bits per heavy atom. The molecule has 0 saturated carbocycles. The smallest absolute Gasteiger partial charge is 0.416 e. The molecular weight excluding hydrogens is 370 g/mol. The standard InChI is InChI=1S/C23H27NO3S/c1-17(2)21-14-27-23(26)24(21)22(25)20(13-18-9-5-3-6-10-18)16-28-15-19-11-7-4-8-12-19/h3-12,17,20-21H,13-16H2,1-2H3/t20-,21+/m0/s1. The van der Waals surface area contributed by atoms with Gasteiger partial charge in [0.05, 0.1) is 12.0 Å². The van der Waals surface area contributed by atoms with Crippen LogP contribution in [0.2, 0.25) is 0 Å². The largest absolute Gasteiger partial charge is 0.447 e. The van der Waals surface area contributed by atoms with E-state index in [1.54, 1.807) is 11.8 Å². The molecule has 4 nitrogen and oxygen atoms in total. The Kier molecular flexibility index (Phi) is 7.15. The van der Waals surface area contributed by atoms with Gasteiger partial charge in [0.1, 0.15) is 6.61 Å². The molecule has 1 fully saturated rings. The Bertz CT molecular complexity index is 779. The third-order valence-electron chi connectivity index (χ3n) is 5.02. The van der Waals surface area contributed by atoms with E-state index in [0.29, 0.717) is 12.2 Å². The van der Waals surface area contributed by atoms with Crippen LogP contribution < -0.4 is 0 Å². The molecule has 0 N–H and O–H groups in total. The highest BCUT2D eigenvalue weighted by Crippen LogP contribution is 2.26. The monoisotopic (exact) mass is 397 g/mol. The van der Waals surface area contributed by atoms with E-state index in [1.807, 2.05) is 62.4 Å². The molecule has 0 spiro atoms. The lowest BCUT2D eigenvalue weighted by molar-refractivity contribution is -0.133. The van der Waals surface area contributed by atoms with E-state index in [1.165, 1.54) is 10.5 Å². The van der Waals surface area contributed by atoms with E-state index in [4.69, 9.17) is 4.74 Å². The van der Waals surface area contributed by atoms with E-state index in [2.05, 4.69) is 12.1 Å². The highest BCUT2D eigenvalue weighted by molar-refractivity contribution is 7.98. The first-order chi connectivity index (χ1) is 13.6. The molecule has 1 aliphatic heterocycles. The quantitative estimate of drug-likeness (QED) is 0.643. The number of hydrogen-bond acceptors (Lipinski definition) is 4. The van der Waals surface area contributed by atoms with Gasteiger partial charge >= 0.3 is 6.09 Å². The average Bonchev–Trinajstić information content (AvgIpc) is 3.10. The summed E-state index contributed by atoms with van der Waals surface area (Å²) in [6.07, 6.45) is 0.116. The Balaban J connectivity index is 1.72. The maximum atomic E-state index is 13.3. The number of amides is 2. The second-order valence-electron chi connectivity index (χ2n) is 7.48. The van der Waals surface area contributed by atoms with E-state index in [0.717, 1.165) is 11.3 Å². The second-order valence-corrected chi connectivity index (χ2v) is 8.51. The van der Waals surface area contributed by atoms with Crippen LogP contribution in [-0.2, 0) is 21.7 Å². The van der Waals surface area contributed by atoms with E-state index < -0.39 is 6.09 Å². The van der Waals surface area contributed by atoms with Crippen molar-refractivity contribution in [3.05, 3.63) is 71.8 Å². The summed E-state index contributed by atoms with van der Waals surface area (Å²) in [5.41, 5.74) is 2.34. The molecule has 5 heteroatoms. The summed E-state index contributed by atoms with van der Waals surface area (Å²) in [7, 11) is 0. The van der Waals surface area contributed by atoms with E-state index in [-0.39, 0.29) is 30.4 Å². The van der Waals surface area contributed by atoms with Crippen LogP contribution in [0, 0.1) is 11.8 Å². The van der Waals surface area contributed by atoms with Crippen LogP contribution in [-0.4, -0.2) is 35.3 Å². The molecule has 1 aliphatic rings. The van der Waals surface area contributed by atoms with Crippen LogP contribution in [0.1, 0.15) is 25.0 Å². The van der Waals surface area contributed by atoms with Crippen molar-refractivity contribution in [1.82, 2.24) is 4.90 Å². The first-order valence-electron chi connectivity index (χ1n) is 9.71. The van der Waals surface area contributed by atoms with Gasteiger partial charge in [-0.2, -0.15) is 11.8 Å². The molecule has 2 amide bonds. The number of carbonyl (C=O) groups excluding carboxylic acids is 2. The summed E-state index contributed by atoms with van der Waals surface area (Å²) in [4.78, 5) is 27.0. The number of nitrogens with zero attached hydrogens (tertiary/aromatic N) is 1. The van der Waals surface area contributed by atoms with Crippen LogP contribution in [0.5, 0.6) is 0 Å². The van der Waals surface area contributed by atoms with Gasteiger partial charge in [0.15, 0.2) is 0 Å². The number of benzene rings is 2. The van der Waals surface area contributed by atoms with Crippen molar-refractivity contribution in [1.29, 1.82) is 0 Å². The Morgan fingerprint density at radius 2 is 1.68 bits per heavy atom. The molecule has 1 saturated heterocycles. The van der Waals surface area contributed by atoms with Crippen molar-refractivity contribution >= 4 is 23.8 Å². The molecule has 28 heavy (non-hydrogen) atoms. The van der Waals surface area contributed by atoms with Gasteiger partial charge in [0, 0.05) is 11.5 Å². The zero-order valence-corrected chi connectivity index (χ0v) is 17.2. The minimum atomic E-state index is -0.505. The van der Waals surface area contributed by atoms with Crippen molar-refractivity contribution in [2.24, 2.45) is 11.8 Å². The fraction of sp³-hybridized carbons (Fsp3) is 0.391. The number of rotatable bonds is 8. The number of hydrogen-bond donors (Lipinski definition) is 0. The Hall–Kier alpha value is -2.27. The lowest BCUT2D eigenvalue weighted by Crippen LogP contribution is -2.46. The molecule has 0 aliphatic carbocycles. The third-order valence-corrected chi connectivity index (χ3v) is 6.19. The van der Waals surface area contributed by atoms with Gasteiger partial charge in [-0.1, -0.05) is 74.5 Å². The molecule has 2 aromatic rings. The predicted octanol–water partition coefficient (Wildman–Crippen LogP) is 4.78. The van der Waals surface area contributed by atoms with Crippen LogP contribution in [0.4, 0.5) is 4.79 Å². The van der Waals surface area contributed by atoms with Crippen LogP contribution in [0.25, 0.3) is 0 Å².